The third-order valence-electron chi connectivity index (χ3n) is 3.66. The molecule has 0 aromatic heterocycles. The van der Waals surface area contributed by atoms with E-state index in [0.717, 1.165) is 28.3 Å². The van der Waals surface area contributed by atoms with Crippen LogP contribution in [0.1, 0.15) is 32.1 Å². The second-order valence-corrected chi connectivity index (χ2v) is 6.38. The zero-order chi connectivity index (χ0) is 13.4. The van der Waals surface area contributed by atoms with Gasteiger partial charge in [0.1, 0.15) is 0 Å². The minimum Gasteiger partial charge on any atom is -1.00 e. The molecule has 3 atom stereocenters. The summed E-state index contributed by atoms with van der Waals surface area (Å²) in [6.45, 7) is 4.42. The number of nitrogens with one attached hydrogen (secondary N) is 1. The van der Waals surface area contributed by atoms with E-state index < -0.39 is 0 Å². The Morgan fingerprint density at radius 1 is 1.24 bits per heavy atom. The minimum atomic E-state index is -0.313. The van der Waals surface area contributed by atoms with Crippen LogP contribution in [-0.4, -0.2) is 15.4 Å². The average Bonchev–Trinajstić information content (AvgIpc) is 3.09. The van der Waals surface area contributed by atoms with Crippen molar-refractivity contribution in [1.29, 1.82) is 0 Å². The Kier molecular flexibility index (Phi) is 19.6. The maximum Gasteiger partial charge on any atom is 4.00 e. The molecule has 2 saturated carbocycles. The van der Waals surface area contributed by atoms with Crippen molar-refractivity contribution < 1.29 is 55.8 Å². The molecular weight excluding hydrogens is 400 g/mol. The summed E-state index contributed by atoms with van der Waals surface area (Å²) in [5.74, 6) is 1.20. The van der Waals surface area contributed by atoms with Gasteiger partial charge in [0.25, 0.3) is 0 Å². The van der Waals surface area contributed by atoms with Gasteiger partial charge in [-0.25, -0.2) is 12.2 Å². The van der Waals surface area contributed by atoms with Crippen LogP contribution in [0.2, 0.25) is 13.1 Å². The first-order valence-corrected chi connectivity index (χ1v) is 9.21. The van der Waals surface area contributed by atoms with Crippen LogP contribution >= 0.6 is 0 Å². The molecule has 0 aromatic rings. The van der Waals surface area contributed by atoms with Crippen molar-refractivity contribution in [2.45, 2.75) is 45.2 Å². The predicted octanol–water partition coefficient (Wildman–Crippen LogP) is -2.17. The Bertz CT molecular complexity index is 317. The first kappa shape index (κ1) is 26.5. The van der Waals surface area contributed by atoms with Gasteiger partial charge < -0.3 is 35.3 Å². The van der Waals surface area contributed by atoms with E-state index in [0.29, 0.717) is 5.92 Å². The standard InChI is InChI=1S/C8H13NO.C5H5.C2H7Si.2ClH.Zr/c9-8(10)7-4-5-1-2-6(7)3-5;1-2-4-5-3-1;1-3-2;;;/h5-7H,1-4H2,(H2,9,10);1-3H,4H2;3H,1-2H3;2*1H;/q;-1;;;;+4/p-3. The van der Waals surface area contributed by atoms with Crippen molar-refractivity contribution in [3.8, 4) is 0 Å². The van der Waals surface area contributed by atoms with Crippen LogP contribution in [0.25, 0.3) is 5.73 Å². The van der Waals surface area contributed by atoms with Gasteiger partial charge in [0.2, 0.25) is 0 Å². The fourth-order valence-electron chi connectivity index (χ4n) is 2.91. The Balaban J connectivity index is -0.000000256. The molecule has 21 heavy (non-hydrogen) atoms. The van der Waals surface area contributed by atoms with Crippen LogP contribution < -0.4 is 24.8 Å². The summed E-state index contributed by atoms with van der Waals surface area (Å²) < 4.78 is 0. The number of allylic oxidation sites excluding steroid dienone is 4. The van der Waals surface area contributed by atoms with Gasteiger partial charge in [-0.3, -0.25) is 6.08 Å². The molecule has 117 valence electrons. The number of amides is 1. The molecule has 1 N–H and O–H groups in total. The van der Waals surface area contributed by atoms with Gasteiger partial charge in [-0.2, -0.15) is 6.08 Å². The van der Waals surface area contributed by atoms with Crippen LogP contribution in [0.3, 0.4) is 0 Å². The second-order valence-electron chi connectivity index (χ2n) is 5.23. The topological polar surface area (TPSA) is 40.9 Å². The Hall–Kier alpha value is 0.630. The fraction of sp³-hybridized carbons (Fsp3) is 0.667. The summed E-state index contributed by atoms with van der Waals surface area (Å²) >= 11 is 0. The second kappa shape index (κ2) is 15.5. The third-order valence-corrected chi connectivity index (χ3v) is 3.66. The van der Waals surface area contributed by atoms with Crippen LogP contribution in [0.15, 0.2) is 18.2 Å². The number of carbonyl (C=O) groups is 1. The molecule has 3 rings (SSSR count). The molecule has 3 aliphatic rings. The van der Waals surface area contributed by atoms with Crippen molar-refractivity contribution >= 4 is 15.4 Å². The predicted molar refractivity (Wildman–Crippen MR) is 78.7 cm³/mol. The van der Waals surface area contributed by atoms with Gasteiger partial charge in [-0.1, -0.05) is 19.5 Å². The van der Waals surface area contributed by atoms with E-state index in [1.807, 2.05) is 12.2 Å². The molecule has 0 aromatic carbocycles. The SMILES string of the molecule is C[SiH]C.[C-]1=CC=CC1.[Cl-].[Cl-].[NH-]C(=O)C1CC2CCC1C2.[Zr+4]. The normalized spacial score (nSPS) is 26.1. The summed E-state index contributed by atoms with van der Waals surface area (Å²) in [7, 11) is 0.750. The molecule has 0 spiro atoms. The van der Waals surface area contributed by atoms with Gasteiger partial charge in [-0.05, 0) is 31.1 Å². The van der Waals surface area contributed by atoms with E-state index in [-0.39, 0.29) is 62.8 Å². The average molecular weight is 425 g/mol. The number of hydrogen-bond acceptors (Lipinski definition) is 1. The monoisotopic (exact) mass is 422 g/mol. The molecule has 1 amide bonds. The van der Waals surface area contributed by atoms with Crippen LogP contribution in [-0.2, 0) is 31.0 Å². The van der Waals surface area contributed by atoms with E-state index in [2.05, 4.69) is 25.2 Å². The zero-order valence-corrected chi connectivity index (χ0v) is 17.9. The molecular formula is C15H24Cl2NOSiZr. The molecule has 0 saturated heterocycles. The maximum atomic E-state index is 10.7. The van der Waals surface area contributed by atoms with E-state index in [1.165, 1.54) is 19.3 Å². The number of fused-ring (bicyclic) bond motifs is 2. The smallest absolute Gasteiger partial charge is 1.00 e. The first-order valence-electron chi connectivity index (χ1n) is 6.90. The largest absolute Gasteiger partial charge is 4.00 e. The number of rotatable bonds is 1. The summed E-state index contributed by atoms with van der Waals surface area (Å²) in [6.07, 6.45) is 14.8. The van der Waals surface area contributed by atoms with Crippen molar-refractivity contribution in [2.75, 3.05) is 0 Å². The quantitative estimate of drug-likeness (QED) is 0.349. The Morgan fingerprint density at radius 3 is 2.05 bits per heavy atom. The Morgan fingerprint density at radius 2 is 1.86 bits per heavy atom. The first-order chi connectivity index (χ1) is 8.69. The van der Waals surface area contributed by atoms with Gasteiger partial charge in [0, 0.05) is 15.4 Å². The van der Waals surface area contributed by atoms with E-state index >= 15 is 0 Å². The minimum absolute atomic E-state index is 0. The molecule has 2 bridgehead atoms. The molecule has 6 heteroatoms. The molecule has 3 unspecified atom stereocenters. The number of halogens is 2. The van der Waals surface area contributed by atoms with Crippen molar-refractivity contribution in [3.05, 3.63) is 30.0 Å². The van der Waals surface area contributed by atoms with Crippen LogP contribution in [0.4, 0.5) is 0 Å². The number of carbonyl (C=O) groups excluding carboxylic acids is 1. The zero-order valence-electron chi connectivity index (χ0n) is 12.7. The molecule has 3 aliphatic carbocycles. The molecule has 1 radical (unpaired) electrons. The van der Waals surface area contributed by atoms with Crippen LogP contribution in [0, 0.1) is 23.8 Å². The molecule has 0 heterocycles. The van der Waals surface area contributed by atoms with E-state index in [4.69, 9.17) is 5.73 Å². The van der Waals surface area contributed by atoms with Crippen molar-refractivity contribution in [3.63, 3.8) is 0 Å². The molecule has 2 fully saturated rings. The van der Waals surface area contributed by atoms with Gasteiger partial charge in [0.05, 0.1) is 5.91 Å². The van der Waals surface area contributed by atoms with Crippen molar-refractivity contribution in [2.24, 2.45) is 17.8 Å². The van der Waals surface area contributed by atoms with Gasteiger partial charge >= 0.3 is 26.2 Å². The van der Waals surface area contributed by atoms with Gasteiger partial charge in [-0.15, -0.1) is 6.42 Å². The van der Waals surface area contributed by atoms with E-state index in [9.17, 15) is 4.79 Å². The fourth-order valence-corrected chi connectivity index (χ4v) is 2.91. The molecule has 0 aliphatic heterocycles. The van der Waals surface area contributed by atoms with Crippen molar-refractivity contribution in [1.82, 2.24) is 0 Å². The summed E-state index contributed by atoms with van der Waals surface area (Å²) in [5.41, 5.74) is 6.99. The third kappa shape index (κ3) is 10.1. The van der Waals surface area contributed by atoms with Crippen LogP contribution in [0.5, 0.6) is 0 Å². The summed E-state index contributed by atoms with van der Waals surface area (Å²) in [5, 5.41) is 0. The van der Waals surface area contributed by atoms with Gasteiger partial charge in [0.15, 0.2) is 0 Å². The summed E-state index contributed by atoms with van der Waals surface area (Å²) in [4.78, 5) is 10.7. The van der Waals surface area contributed by atoms with E-state index in [1.54, 1.807) is 0 Å². The molecule has 2 nitrogen and oxygen atoms in total. The maximum absolute atomic E-state index is 10.7. The number of hydrogen-bond donors (Lipinski definition) is 0. The Labute approximate surface area is 163 Å². The summed E-state index contributed by atoms with van der Waals surface area (Å²) in [6, 6.07) is 0.